The number of benzene rings is 2. The van der Waals surface area contributed by atoms with Gasteiger partial charge in [-0.3, -0.25) is 14.9 Å². The number of hydrogen-bond acceptors (Lipinski definition) is 7. The Bertz CT molecular complexity index is 1160. The Morgan fingerprint density at radius 2 is 1.43 bits per heavy atom. The molecule has 0 radical (unpaired) electrons. The lowest BCUT2D eigenvalue weighted by Gasteiger charge is -2.28. The molecule has 0 atom stereocenters. The molecule has 1 fully saturated rings. The zero-order valence-electron chi connectivity index (χ0n) is 20.0. The Kier molecular flexibility index (Phi) is 8.75. The molecule has 0 unspecified atom stereocenters. The molecular formula is C25H27BrN2O7. The van der Waals surface area contributed by atoms with Gasteiger partial charge in [-0.25, -0.2) is 9.69 Å². The fourth-order valence-electron chi connectivity index (χ4n) is 3.44. The van der Waals surface area contributed by atoms with E-state index in [2.05, 4.69) is 21.2 Å². The summed E-state index contributed by atoms with van der Waals surface area (Å²) < 4.78 is 23.0. The van der Waals surface area contributed by atoms with Crippen LogP contribution in [-0.4, -0.2) is 44.3 Å². The maximum absolute atomic E-state index is 13.5. The molecule has 186 valence electrons. The Labute approximate surface area is 212 Å². The summed E-state index contributed by atoms with van der Waals surface area (Å²) >= 11 is 3.46. The predicted octanol–water partition coefficient (Wildman–Crippen LogP) is 4.71. The maximum atomic E-state index is 13.5. The lowest BCUT2D eigenvalue weighted by atomic mass is 10.1. The molecule has 1 aliphatic heterocycles. The van der Waals surface area contributed by atoms with Crippen molar-refractivity contribution in [2.24, 2.45) is 0 Å². The number of nitrogens with zero attached hydrogens (tertiary/aromatic N) is 1. The minimum absolute atomic E-state index is 0.166. The third-order valence-electron chi connectivity index (χ3n) is 4.85. The Morgan fingerprint density at radius 1 is 0.829 bits per heavy atom. The molecule has 10 heteroatoms. The molecule has 1 heterocycles. The first kappa shape index (κ1) is 26.1. The van der Waals surface area contributed by atoms with Gasteiger partial charge in [0.25, 0.3) is 11.8 Å². The molecular weight excluding hydrogens is 520 g/mol. The monoisotopic (exact) mass is 546 g/mol. The van der Waals surface area contributed by atoms with Crippen LogP contribution in [0, 0.1) is 0 Å². The highest BCUT2D eigenvalue weighted by Crippen LogP contribution is 2.37. The number of carbonyl (C=O) groups is 3. The molecule has 4 amide bonds. The van der Waals surface area contributed by atoms with E-state index in [1.165, 1.54) is 12.1 Å². The summed E-state index contributed by atoms with van der Waals surface area (Å²) in [5.74, 6) is 0.123. The maximum Gasteiger partial charge on any atom is 0.336 e. The van der Waals surface area contributed by atoms with Crippen LogP contribution in [0.5, 0.6) is 23.0 Å². The van der Waals surface area contributed by atoms with Crippen LogP contribution in [0.1, 0.15) is 33.3 Å². The van der Waals surface area contributed by atoms with Gasteiger partial charge in [-0.15, -0.1) is 0 Å². The number of anilines is 1. The highest BCUT2D eigenvalue weighted by atomic mass is 79.9. The van der Waals surface area contributed by atoms with Crippen LogP contribution in [0.15, 0.2) is 40.4 Å². The second kappa shape index (κ2) is 11.7. The zero-order chi connectivity index (χ0) is 25.5. The average Bonchev–Trinajstić information content (AvgIpc) is 2.81. The van der Waals surface area contributed by atoms with Crippen LogP contribution in [0.4, 0.5) is 10.5 Å². The number of urea groups is 1. The summed E-state index contributed by atoms with van der Waals surface area (Å²) in [5.41, 5.74) is 0.429. The van der Waals surface area contributed by atoms with Crippen LogP contribution >= 0.6 is 15.9 Å². The lowest BCUT2D eigenvalue weighted by Crippen LogP contribution is -2.54. The summed E-state index contributed by atoms with van der Waals surface area (Å²) in [4.78, 5) is 39.8. The molecule has 1 N–H and O–H groups in total. The molecule has 0 saturated carbocycles. The van der Waals surface area contributed by atoms with Crippen LogP contribution in [0.2, 0.25) is 0 Å². The topological polar surface area (TPSA) is 103 Å². The van der Waals surface area contributed by atoms with Gasteiger partial charge in [-0.2, -0.15) is 0 Å². The second-order valence-corrected chi connectivity index (χ2v) is 7.99. The number of imide groups is 2. The van der Waals surface area contributed by atoms with Gasteiger partial charge in [-0.05, 0) is 63.6 Å². The third-order valence-corrected chi connectivity index (χ3v) is 5.53. The second-order valence-electron chi connectivity index (χ2n) is 7.14. The number of barbiturate groups is 1. The highest BCUT2D eigenvalue weighted by molar-refractivity contribution is 9.10. The van der Waals surface area contributed by atoms with Gasteiger partial charge in [-0.1, -0.05) is 15.9 Å². The number of rotatable bonds is 10. The summed E-state index contributed by atoms with van der Waals surface area (Å²) in [6.07, 6.45) is 1.40. The molecule has 1 aliphatic rings. The average molecular weight is 547 g/mol. The molecule has 0 spiro atoms. The fraction of sp³-hybridized carbons (Fsp3) is 0.320. The smallest absolute Gasteiger partial charge is 0.336 e. The van der Waals surface area contributed by atoms with Crippen LogP contribution < -0.4 is 29.2 Å². The van der Waals surface area contributed by atoms with E-state index in [9.17, 15) is 14.4 Å². The van der Waals surface area contributed by atoms with Gasteiger partial charge < -0.3 is 18.9 Å². The summed E-state index contributed by atoms with van der Waals surface area (Å²) in [6, 6.07) is 7.30. The van der Waals surface area contributed by atoms with Crippen molar-refractivity contribution in [3.05, 3.63) is 45.9 Å². The number of hydrogen-bond donors (Lipinski definition) is 1. The van der Waals surface area contributed by atoms with Gasteiger partial charge in [0, 0.05) is 10.5 Å². The first-order valence-corrected chi connectivity index (χ1v) is 12.0. The number of halogens is 1. The van der Waals surface area contributed by atoms with Crippen molar-refractivity contribution in [3.8, 4) is 23.0 Å². The van der Waals surface area contributed by atoms with E-state index in [4.69, 9.17) is 18.9 Å². The van der Waals surface area contributed by atoms with Crippen LogP contribution in [0.3, 0.4) is 0 Å². The van der Waals surface area contributed by atoms with Crippen molar-refractivity contribution >= 4 is 45.5 Å². The molecule has 0 bridgehead atoms. The summed E-state index contributed by atoms with van der Waals surface area (Å²) in [7, 11) is 0. The van der Waals surface area contributed by atoms with Crippen molar-refractivity contribution in [2.75, 3.05) is 31.3 Å². The quantitative estimate of drug-likeness (QED) is 0.340. The van der Waals surface area contributed by atoms with Crippen molar-refractivity contribution in [3.63, 3.8) is 0 Å². The number of carbonyl (C=O) groups excluding carboxylic acids is 3. The predicted molar refractivity (Wildman–Crippen MR) is 134 cm³/mol. The van der Waals surface area contributed by atoms with E-state index in [0.717, 1.165) is 4.90 Å². The van der Waals surface area contributed by atoms with E-state index in [-0.39, 0.29) is 11.3 Å². The first-order valence-electron chi connectivity index (χ1n) is 11.2. The summed E-state index contributed by atoms with van der Waals surface area (Å²) in [6.45, 7) is 8.84. The molecule has 0 aliphatic carbocycles. The van der Waals surface area contributed by atoms with E-state index in [1.807, 2.05) is 20.8 Å². The Morgan fingerprint density at radius 3 is 2.06 bits per heavy atom. The lowest BCUT2D eigenvalue weighted by molar-refractivity contribution is -0.122. The number of amides is 4. The first-order chi connectivity index (χ1) is 16.8. The molecule has 2 aromatic rings. The molecule has 9 nitrogen and oxygen atoms in total. The van der Waals surface area contributed by atoms with Crippen molar-refractivity contribution in [1.82, 2.24) is 5.32 Å². The third kappa shape index (κ3) is 5.76. The van der Waals surface area contributed by atoms with E-state index < -0.39 is 17.8 Å². The normalized spacial score (nSPS) is 14.7. The minimum Gasteiger partial charge on any atom is -0.494 e. The van der Waals surface area contributed by atoms with Gasteiger partial charge in [0.05, 0.1) is 32.1 Å². The van der Waals surface area contributed by atoms with Crippen molar-refractivity contribution in [1.29, 1.82) is 0 Å². The SMILES string of the molecule is CCOc1ccc(OCC)c(N2C(=O)NC(=O)/C(=C\c3cc(OCC)c(OCC)cc3Br)C2=O)c1. The zero-order valence-corrected chi connectivity index (χ0v) is 21.6. The van der Waals surface area contributed by atoms with E-state index in [0.29, 0.717) is 59.5 Å². The van der Waals surface area contributed by atoms with E-state index in [1.54, 1.807) is 31.2 Å². The van der Waals surface area contributed by atoms with Gasteiger partial charge in [0.15, 0.2) is 11.5 Å². The van der Waals surface area contributed by atoms with E-state index >= 15 is 0 Å². The van der Waals surface area contributed by atoms with Crippen molar-refractivity contribution < 1.29 is 33.3 Å². The highest BCUT2D eigenvalue weighted by Gasteiger charge is 2.38. The number of nitrogens with one attached hydrogen (secondary N) is 1. The Balaban J connectivity index is 2.09. The van der Waals surface area contributed by atoms with Crippen LogP contribution in [-0.2, 0) is 9.59 Å². The van der Waals surface area contributed by atoms with Gasteiger partial charge in [0.2, 0.25) is 0 Å². The molecule has 0 aromatic heterocycles. The fourth-order valence-corrected chi connectivity index (χ4v) is 3.87. The largest absolute Gasteiger partial charge is 0.494 e. The molecule has 3 rings (SSSR count). The Hall–Kier alpha value is -3.53. The molecule has 1 saturated heterocycles. The van der Waals surface area contributed by atoms with Gasteiger partial charge in [0.1, 0.15) is 17.1 Å². The molecule has 2 aromatic carbocycles. The minimum atomic E-state index is -0.882. The molecule has 35 heavy (non-hydrogen) atoms. The number of ether oxygens (including phenoxy) is 4. The summed E-state index contributed by atoms with van der Waals surface area (Å²) in [5, 5.41) is 2.23. The van der Waals surface area contributed by atoms with Crippen molar-refractivity contribution in [2.45, 2.75) is 27.7 Å². The van der Waals surface area contributed by atoms with Gasteiger partial charge >= 0.3 is 6.03 Å². The van der Waals surface area contributed by atoms with Crippen LogP contribution in [0.25, 0.3) is 6.08 Å². The standard InChI is InChI=1S/C25H27BrN2O7/c1-5-32-16-9-10-20(33-6-2)19(13-16)28-24(30)17(23(29)27-25(28)31)11-15-12-21(34-7-3)22(35-8-4)14-18(15)26/h9-14H,5-8H2,1-4H3,(H,27,29,31)/b17-11+.